The zero-order chi connectivity index (χ0) is 10.7. The van der Waals surface area contributed by atoms with Gasteiger partial charge in [-0.1, -0.05) is 15.9 Å². The lowest BCUT2D eigenvalue weighted by atomic mass is 10.2. The number of hydrogen-bond acceptors (Lipinski definition) is 4. The van der Waals surface area contributed by atoms with Gasteiger partial charge in [-0.05, 0) is 18.2 Å². The fourth-order valence-corrected chi connectivity index (χ4v) is 1.57. The van der Waals surface area contributed by atoms with Crippen LogP contribution in [0.3, 0.4) is 0 Å². The number of ether oxygens (including phenoxy) is 1. The fourth-order valence-electron chi connectivity index (χ4n) is 1.19. The average molecular weight is 269 g/mol. The lowest BCUT2D eigenvalue weighted by Gasteiger charge is -2.03. The smallest absolute Gasteiger partial charge is 0.316 e. The van der Waals surface area contributed by atoms with E-state index in [1.165, 1.54) is 0 Å². The third kappa shape index (κ3) is 2.43. The molecule has 5 heteroatoms. The predicted octanol–water partition coefficient (Wildman–Crippen LogP) is 1.76. The van der Waals surface area contributed by atoms with Crippen molar-refractivity contribution in [3.63, 3.8) is 0 Å². The number of halogens is 1. The standard InChI is InChI=1S/C10H9BrN2O2/c11-8-1-2-9-7(5-8)6-12-10(13-9)15-4-3-14/h1-2,5-6,14H,3-4H2. The quantitative estimate of drug-likeness (QED) is 0.922. The minimum atomic E-state index is -0.0399. The molecule has 1 heterocycles. The maximum atomic E-state index is 8.59. The molecule has 0 radical (unpaired) electrons. The summed E-state index contributed by atoms with van der Waals surface area (Å²) in [6, 6.07) is 6.02. The first-order chi connectivity index (χ1) is 7.29. The summed E-state index contributed by atoms with van der Waals surface area (Å²) in [4.78, 5) is 8.21. The summed E-state index contributed by atoms with van der Waals surface area (Å²) in [6.07, 6.45) is 1.69. The SMILES string of the molecule is OCCOc1ncc2cc(Br)ccc2n1. The van der Waals surface area contributed by atoms with Gasteiger partial charge in [0.2, 0.25) is 0 Å². The van der Waals surface area contributed by atoms with Gasteiger partial charge >= 0.3 is 6.01 Å². The Bertz CT molecular complexity index is 476. The molecule has 0 unspecified atom stereocenters. The highest BCUT2D eigenvalue weighted by Gasteiger charge is 2.00. The molecule has 0 saturated heterocycles. The maximum Gasteiger partial charge on any atom is 0.316 e. The number of fused-ring (bicyclic) bond motifs is 1. The van der Waals surface area contributed by atoms with Crippen molar-refractivity contribution in [1.29, 1.82) is 0 Å². The zero-order valence-corrected chi connectivity index (χ0v) is 9.44. The largest absolute Gasteiger partial charge is 0.461 e. The van der Waals surface area contributed by atoms with Crippen molar-refractivity contribution in [3.8, 4) is 6.01 Å². The lowest BCUT2D eigenvalue weighted by Crippen LogP contribution is -2.04. The van der Waals surface area contributed by atoms with Crippen LogP contribution in [0.25, 0.3) is 10.9 Å². The number of aliphatic hydroxyl groups is 1. The molecular formula is C10H9BrN2O2. The van der Waals surface area contributed by atoms with E-state index in [1.807, 2.05) is 18.2 Å². The van der Waals surface area contributed by atoms with Crippen LogP contribution in [-0.4, -0.2) is 28.3 Å². The average Bonchev–Trinajstić information content (AvgIpc) is 2.26. The van der Waals surface area contributed by atoms with E-state index in [4.69, 9.17) is 9.84 Å². The highest BCUT2D eigenvalue weighted by molar-refractivity contribution is 9.10. The van der Waals surface area contributed by atoms with Gasteiger partial charge in [-0.15, -0.1) is 0 Å². The van der Waals surface area contributed by atoms with Crippen molar-refractivity contribution < 1.29 is 9.84 Å². The first-order valence-electron chi connectivity index (χ1n) is 4.45. The second-order valence-electron chi connectivity index (χ2n) is 2.93. The third-order valence-electron chi connectivity index (χ3n) is 1.84. The van der Waals surface area contributed by atoms with Crippen molar-refractivity contribution in [1.82, 2.24) is 9.97 Å². The van der Waals surface area contributed by atoms with Crippen LogP contribution in [0.5, 0.6) is 6.01 Å². The molecule has 2 aromatic rings. The highest BCUT2D eigenvalue weighted by atomic mass is 79.9. The van der Waals surface area contributed by atoms with Crippen LogP contribution in [0, 0.1) is 0 Å². The molecule has 4 nitrogen and oxygen atoms in total. The van der Waals surface area contributed by atoms with E-state index in [0.717, 1.165) is 15.4 Å². The Morgan fingerprint density at radius 1 is 1.40 bits per heavy atom. The van der Waals surface area contributed by atoms with Gasteiger partial charge in [0, 0.05) is 16.1 Å². The van der Waals surface area contributed by atoms with Gasteiger partial charge in [0.15, 0.2) is 0 Å². The number of hydrogen-bond donors (Lipinski definition) is 1. The van der Waals surface area contributed by atoms with Crippen molar-refractivity contribution in [3.05, 3.63) is 28.9 Å². The molecule has 0 saturated carbocycles. The maximum absolute atomic E-state index is 8.59. The Balaban J connectivity index is 2.34. The van der Waals surface area contributed by atoms with Crippen LogP contribution in [-0.2, 0) is 0 Å². The molecule has 0 aliphatic heterocycles. The molecule has 1 N–H and O–H groups in total. The molecule has 0 atom stereocenters. The topological polar surface area (TPSA) is 55.2 Å². The van der Waals surface area contributed by atoms with Crippen LogP contribution in [0.1, 0.15) is 0 Å². The van der Waals surface area contributed by atoms with Crippen LogP contribution in [0.4, 0.5) is 0 Å². The Labute approximate surface area is 95.1 Å². The monoisotopic (exact) mass is 268 g/mol. The molecule has 1 aromatic heterocycles. The number of aromatic nitrogens is 2. The third-order valence-corrected chi connectivity index (χ3v) is 2.34. The first kappa shape index (κ1) is 10.3. The number of benzene rings is 1. The van der Waals surface area contributed by atoms with Crippen molar-refractivity contribution in [2.24, 2.45) is 0 Å². The van der Waals surface area contributed by atoms with Gasteiger partial charge in [0.1, 0.15) is 6.61 Å². The van der Waals surface area contributed by atoms with Gasteiger partial charge in [0.05, 0.1) is 12.1 Å². The molecule has 0 aliphatic carbocycles. The van der Waals surface area contributed by atoms with Crippen LogP contribution in [0.2, 0.25) is 0 Å². The Morgan fingerprint density at radius 3 is 3.07 bits per heavy atom. The summed E-state index contributed by atoms with van der Waals surface area (Å²) < 4.78 is 6.10. The van der Waals surface area contributed by atoms with E-state index in [1.54, 1.807) is 6.20 Å². The van der Waals surface area contributed by atoms with E-state index in [0.29, 0.717) is 6.01 Å². The van der Waals surface area contributed by atoms with E-state index in [2.05, 4.69) is 25.9 Å². The molecule has 78 valence electrons. The summed E-state index contributed by atoms with van der Waals surface area (Å²) in [5, 5.41) is 9.54. The molecule has 2 rings (SSSR count). The summed E-state index contributed by atoms with van der Waals surface area (Å²) >= 11 is 3.37. The molecule has 0 aliphatic rings. The van der Waals surface area contributed by atoms with E-state index < -0.39 is 0 Å². The van der Waals surface area contributed by atoms with E-state index in [-0.39, 0.29) is 13.2 Å². The van der Waals surface area contributed by atoms with Crippen LogP contribution in [0.15, 0.2) is 28.9 Å². The normalized spacial score (nSPS) is 10.5. The Morgan fingerprint density at radius 2 is 2.27 bits per heavy atom. The second-order valence-corrected chi connectivity index (χ2v) is 3.84. The van der Waals surface area contributed by atoms with Crippen molar-refractivity contribution in [2.75, 3.05) is 13.2 Å². The van der Waals surface area contributed by atoms with Crippen molar-refractivity contribution in [2.45, 2.75) is 0 Å². The van der Waals surface area contributed by atoms with Gasteiger partial charge in [-0.25, -0.2) is 4.98 Å². The molecule has 0 amide bonds. The van der Waals surface area contributed by atoms with Gasteiger partial charge in [0.25, 0.3) is 0 Å². The zero-order valence-electron chi connectivity index (χ0n) is 7.85. The molecule has 0 fully saturated rings. The molecule has 0 spiro atoms. The van der Waals surface area contributed by atoms with Crippen LogP contribution >= 0.6 is 15.9 Å². The molecule has 15 heavy (non-hydrogen) atoms. The first-order valence-corrected chi connectivity index (χ1v) is 5.25. The summed E-state index contributed by atoms with van der Waals surface area (Å²) in [5.74, 6) is 0. The van der Waals surface area contributed by atoms with Gasteiger partial charge < -0.3 is 9.84 Å². The molecular weight excluding hydrogens is 260 g/mol. The number of nitrogens with zero attached hydrogens (tertiary/aromatic N) is 2. The van der Waals surface area contributed by atoms with Gasteiger partial charge in [-0.2, -0.15) is 4.98 Å². The minimum Gasteiger partial charge on any atom is -0.461 e. The molecule has 0 bridgehead atoms. The van der Waals surface area contributed by atoms with Crippen LogP contribution < -0.4 is 4.74 Å². The van der Waals surface area contributed by atoms with E-state index in [9.17, 15) is 0 Å². The summed E-state index contributed by atoms with van der Waals surface area (Å²) in [6.45, 7) is 0.170. The van der Waals surface area contributed by atoms with Crippen molar-refractivity contribution >= 4 is 26.8 Å². The Hall–Kier alpha value is -1.20. The predicted molar refractivity (Wildman–Crippen MR) is 59.8 cm³/mol. The van der Waals surface area contributed by atoms with E-state index >= 15 is 0 Å². The second kappa shape index (κ2) is 4.55. The highest BCUT2D eigenvalue weighted by Crippen LogP contribution is 2.18. The molecule has 1 aromatic carbocycles. The summed E-state index contributed by atoms with van der Waals surface area (Å²) in [5.41, 5.74) is 0.820. The Kier molecular flexibility index (Phi) is 3.13. The summed E-state index contributed by atoms with van der Waals surface area (Å²) in [7, 11) is 0. The number of rotatable bonds is 3. The number of aliphatic hydroxyl groups excluding tert-OH is 1. The fraction of sp³-hybridized carbons (Fsp3) is 0.200. The minimum absolute atomic E-state index is 0.0399. The van der Waals surface area contributed by atoms with Gasteiger partial charge in [-0.3, -0.25) is 0 Å². The lowest BCUT2D eigenvalue weighted by molar-refractivity contribution is 0.192.